The second-order valence-electron chi connectivity index (χ2n) is 8.93. The first-order valence-electron chi connectivity index (χ1n) is 12.0. The zero-order valence-corrected chi connectivity index (χ0v) is 21.9. The number of ketones is 1. The highest BCUT2D eigenvalue weighted by molar-refractivity contribution is 6.42. The molecule has 0 aliphatic rings. The van der Waals surface area contributed by atoms with Gasteiger partial charge in [-0.1, -0.05) is 46.6 Å². The van der Waals surface area contributed by atoms with Crippen LogP contribution >= 0.6 is 23.2 Å². The Morgan fingerprint density at radius 1 is 1.03 bits per heavy atom. The van der Waals surface area contributed by atoms with Crippen LogP contribution in [0.5, 0.6) is 5.75 Å². The number of aryl methyl sites for hydroxylation is 1. The van der Waals surface area contributed by atoms with Crippen molar-refractivity contribution in [2.75, 3.05) is 0 Å². The van der Waals surface area contributed by atoms with Gasteiger partial charge in [0.25, 0.3) is 5.56 Å². The lowest BCUT2D eigenvalue weighted by molar-refractivity contribution is -0.142. The molecule has 0 fully saturated rings. The number of carbonyl (C=O) groups is 2. The summed E-state index contributed by atoms with van der Waals surface area (Å²) in [7, 11) is 0. The Morgan fingerprint density at radius 3 is 2.64 bits per heavy atom. The van der Waals surface area contributed by atoms with Crippen LogP contribution in [0.15, 0.2) is 75.9 Å². The van der Waals surface area contributed by atoms with Crippen molar-refractivity contribution in [1.29, 1.82) is 0 Å². The lowest BCUT2D eigenvalue weighted by Gasteiger charge is -2.11. The van der Waals surface area contributed by atoms with E-state index in [0.29, 0.717) is 37.7 Å². The lowest BCUT2D eigenvalue weighted by Crippen LogP contribution is -2.27. The number of Topliss-reactive ketones (excluding diaryl/α,β-unsaturated/α-hetero) is 1. The van der Waals surface area contributed by atoms with Crippen molar-refractivity contribution in [2.24, 2.45) is 5.92 Å². The average Bonchev–Trinajstić information content (AvgIpc) is 3.36. The van der Waals surface area contributed by atoms with Gasteiger partial charge in [-0.05, 0) is 60.5 Å². The maximum atomic E-state index is 12.9. The number of nitrogens with zero attached hydrogens (tertiary/aromatic N) is 3. The Balaban J connectivity index is 1.25. The molecule has 5 rings (SSSR count). The number of carboxylic acid groups (broad SMARTS) is 1. The Kier molecular flexibility index (Phi) is 7.63. The van der Waals surface area contributed by atoms with Crippen molar-refractivity contribution < 1.29 is 23.8 Å². The van der Waals surface area contributed by atoms with Crippen LogP contribution in [0.3, 0.4) is 0 Å². The summed E-state index contributed by atoms with van der Waals surface area (Å²) < 4.78 is 12.6. The summed E-state index contributed by atoms with van der Waals surface area (Å²) in [5.41, 5.74) is 1.39. The van der Waals surface area contributed by atoms with Gasteiger partial charge in [-0.2, -0.15) is 0 Å². The maximum absolute atomic E-state index is 12.9. The van der Waals surface area contributed by atoms with Crippen molar-refractivity contribution >= 4 is 56.8 Å². The quantitative estimate of drug-likeness (QED) is 0.211. The highest BCUT2D eigenvalue weighted by atomic mass is 35.5. The third-order valence-electron chi connectivity index (χ3n) is 6.25. The molecule has 0 saturated heterocycles. The van der Waals surface area contributed by atoms with Gasteiger partial charge in [-0.15, -0.1) is 5.10 Å². The minimum Gasteiger partial charge on any atom is -0.489 e. The van der Waals surface area contributed by atoms with Gasteiger partial charge in [0.2, 0.25) is 0 Å². The third kappa shape index (κ3) is 5.94. The molecule has 0 aliphatic carbocycles. The minimum atomic E-state index is -1.15. The van der Waals surface area contributed by atoms with Crippen LogP contribution in [0, 0.1) is 5.92 Å². The number of aromatic nitrogens is 3. The molecule has 0 spiro atoms. The van der Waals surface area contributed by atoms with Gasteiger partial charge in [-0.3, -0.25) is 14.4 Å². The van der Waals surface area contributed by atoms with E-state index in [1.165, 1.54) is 0 Å². The number of rotatable bonds is 10. The van der Waals surface area contributed by atoms with Crippen molar-refractivity contribution in [3.63, 3.8) is 0 Å². The van der Waals surface area contributed by atoms with Crippen LogP contribution in [0.25, 0.3) is 21.9 Å². The van der Waals surface area contributed by atoms with E-state index in [0.717, 1.165) is 10.2 Å². The van der Waals surface area contributed by atoms with Crippen molar-refractivity contribution in [3.05, 3.63) is 98.5 Å². The number of hydrogen-bond donors (Lipinski definition) is 1. The molecule has 1 atom stereocenters. The topological polar surface area (TPSA) is 125 Å². The second-order valence-corrected chi connectivity index (χ2v) is 9.75. The molecule has 198 valence electrons. The molecule has 1 unspecified atom stereocenters. The number of carboxylic acids is 1. The average molecular weight is 566 g/mol. The zero-order valence-electron chi connectivity index (χ0n) is 20.3. The lowest BCUT2D eigenvalue weighted by atomic mass is 9.98. The number of benzene rings is 3. The Bertz CT molecular complexity index is 1760. The van der Waals surface area contributed by atoms with Crippen LogP contribution in [0.4, 0.5) is 0 Å². The number of halogens is 2. The summed E-state index contributed by atoms with van der Waals surface area (Å²) in [5.74, 6) is -2.07. The van der Waals surface area contributed by atoms with Crippen LogP contribution < -0.4 is 10.3 Å². The molecular formula is C28H21Cl2N3O6. The van der Waals surface area contributed by atoms with Gasteiger partial charge in [0, 0.05) is 18.4 Å². The summed E-state index contributed by atoms with van der Waals surface area (Å²) in [6.07, 6.45) is -0.285. The third-order valence-corrected chi connectivity index (χ3v) is 6.99. The fourth-order valence-corrected chi connectivity index (χ4v) is 4.45. The highest BCUT2D eigenvalue weighted by Gasteiger charge is 2.24. The molecule has 39 heavy (non-hydrogen) atoms. The summed E-state index contributed by atoms with van der Waals surface area (Å²) in [6, 6.07) is 18.7. The molecule has 0 bridgehead atoms. The van der Waals surface area contributed by atoms with E-state index in [1.54, 1.807) is 60.7 Å². The zero-order chi connectivity index (χ0) is 27.5. The minimum absolute atomic E-state index is 0.000571. The van der Waals surface area contributed by atoms with E-state index in [4.69, 9.17) is 32.4 Å². The first-order valence-corrected chi connectivity index (χ1v) is 12.7. The van der Waals surface area contributed by atoms with Gasteiger partial charge < -0.3 is 14.3 Å². The molecular weight excluding hydrogens is 545 g/mol. The van der Waals surface area contributed by atoms with Crippen LogP contribution in [0.2, 0.25) is 10.0 Å². The molecule has 5 aromatic rings. The van der Waals surface area contributed by atoms with Gasteiger partial charge in [-0.25, -0.2) is 4.68 Å². The Morgan fingerprint density at radius 2 is 1.85 bits per heavy atom. The SMILES string of the molecule is O=C(CC(CCn1nnc2ccccc2c1=O)C(=O)O)c1cc2cc(OCc3ccc(Cl)c(Cl)c3)ccc2o1. The van der Waals surface area contributed by atoms with Gasteiger partial charge in [0.15, 0.2) is 11.5 Å². The largest absolute Gasteiger partial charge is 0.489 e. The first-order chi connectivity index (χ1) is 18.8. The predicted octanol–water partition coefficient (Wildman–Crippen LogP) is 5.79. The molecule has 0 radical (unpaired) electrons. The Hall–Kier alpha value is -4.21. The van der Waals surface area contributed by atoms with E-state index < -0.39 is 17.7 Å². The number of carbonyl (C=O) groups excluding carboxylic acids is 1. The number of aliphatic carboxylic acids is 1. The van der Waals surface area contributed by atoms with E-state index in [-0.39, 0.29) is 37.3 Å². The molecule has 1 N–H and O–H groups in total. The molecule has 0 aliphatic heterocycles. The van der Waals surface area contributed by atoms with E-state index in [9.17, 15) is 19.5 Å². The fraction of sp³-hybridized carbons (Fsp3) is 0.179. The van der Waals surface area contributed by atoms with E-state index in [1.807, 2.05) is 6.07 Å². The number of hydrogen-bond acceptors (Lipinski definition) is 7. The molecule has 11 heteroatoms. The normalized spacial score (nSPS) is 12.1. The summed E-state index contributed by atoms with van der Waals surface area (Å²) >= 11 is 12.0. The first kappa shape index (κ1) is 26.4. The predicted molar refractivity (Wildman–Crippen MR) is 145 cm³/mol. The van der Waals surface area contributed by atoms with Crippen LogP contribution in [-0.2, 0) is 17.9 Å². The number of fused-ring (bicyclic) bond motifs is 2. The standard InChI is InChI=1S/C28H21Cl2N3O6/c29-21-7-5-16(11-22(21)30)15-38-19-6-8-25-18(12-19)14-26(39-25)24(34)13-17(28(36)37)9-10-33-27(35)20-3-1-2-4-23(20)31-32-33/h1-8,11-12,14,17H,9-10,13,15H2,(H,36,37). The number of ether oxygens (including phenoxy) is 1. The molecule has 9 nitrogen and oxygen atoms in total. The summed E-state index contributed by atoms with van der Waals surface area (Å²) in [5, 5.41) is 19.5. The van der Waals surface area contributed by atoms with Crippen LogP contribution in [0.1, 0.15) is 29.0 Å². The van der Waals surface area contributed by atoms with Gasteiger partial charge >= 0.3 is 5.97 Å². The number of furan rings is 1. The molecule has 3 aromatic carbocycles. The second kappa shape index (κ2) is 11.3. The fourth-order valence-electron chi connectivity index (χ4n) is 4.13. The van der Waals surface area contributed by atoms with Crippen molar-refractivity contribution in [3.8, 4) is 5.75 Å². The van der Waals surface area contributed by atoms with Gasteiger partial charge in [0.1, 0.15) is 23.5 Å². The molecule has 2 heterocycles. The molecule has 2 aromatic heterocycles. The van der Waals surface area contributed by atoms with E-state index in [2.05, 4.69) is 10.3 Å². The Labute approximate surface area is 231 Å². The molecule has 0 amide bonds. The van der Waals surface area contributed by atoms with Crippen molar-refractivity contribution in [2.45, 2.75) is 26.0 Å². The summed E-state index contributed by atoms with van der Waals surface area (Å²) in [6.45, 7) is 0.261. The highest BCUT2D eigenvalue weighted by Crippen LogP contribution is 2.28. The van der Waals surface area contributed by atoms with Crippen molar-refractivity contribution in [1.82, 2.24) is 15.0 Å². The van der Waals surface area contributed by atoms with Gasteiger partial charge in [0.05, 0.1) is 21.3 Å². The maximum Gasteiger partial charge on any atom is 0.307 e. The van der Waals surface area contributed by atoms with E-state index >= 15 is 0 Å². The monoisotopic (exact) mass is 565 g/mol. The summed E-state index contributed by atoms with van der Waals surface area (Å²) in [4.78, 5) is 37.5. The van der Waals surface area contributed by atoms with Crippen LogP contribution in [-0.4, -0.2) is 31.9 Å². The smallest absolute Gasteiger partial charge is 0.307 e. The molecule has 0 saturated carbocycles.